The Hall–Kier alpha value is -2.16. The summed E-state index contributed by atoms with van der Waals surface area (Å²) in [6.07, 6.45) is 1.64. The van der Waals surface area contributed by atoms with Gasteiger partial charge >= 0.3 is 0 Å². The van der Waals surface area contributed by atoms with Gasteiger partial charge in [0, 0.05) is 20.8 Å². The number of benzene rings is 2. The molecule has 1 aromatic heterocycles. The number of nitrogens with zero attached hydrogens (tertiary/aromatic N) is 3. The maximum atomic E-state index is 12.8. The number of para-hydroxylation sites is 1. The summed E-state index contributed by atoms with van der Waals surface area (Å²) in [6, 6.07) is 15.8. The van der Waals surface area contributed by atoms with E-state index in [-0.39, 0.29) is 11.8 Å². The molecule has 0 bridgehead atoms. The van der Waals surface area contributed by atoms with Gasteiger partial charge in [0.05, 0.1) is 12.2 Å². The van der Waals surface area contributed by atoms with Crippen molar-refractivity contribution in [2.75, 3.05) is 24.2 Å². The average Bonchev–Trinajstić information content (AvgIpc) is 3.24. The van der Waals surface area contributed by atoms with Gasteiger partial charge in [-0.1, -0.05) is 52.3 Å². The highest BCUT2D eigenvalue weighted by Gasteiger charge is 2.26. The van der Waals surface area contributed by atoms with Crippen molar-refractivity contribution in [3.05, 3.63) is 58.9 Å². The molecule has 1 aliphatic rings. The van der Waals surface area contributed by atoms with Crippen molar-refractivity contribution in [3.63, 3.8) is 0 Å². The fourth-order valence-electron chi connectivity index (χ4n) is 3.69. The molecule has 1 saturated heterocycles. The summed E-state index contributed by atoms with van der Waals surface area (Å²) in [6.45, 7) is 4.38. The third-order valence-corrected chi connectivity index (χ3v) is 6.76. The first kappa shape index (κ1) is 22.0. The summed E-state index contributed by atoms with van der Waals surface area (Å²) in [5.74, 6) is 2.30. The van der Waals surface area contributed by atoms with E-state index < -0.39 is 0 Å². The van der Waals surface area contributed by atoms with Crippen LogP contribution >= 0.6 is 27.7 Å². The van der Waals surface area contributed by atoms with Crippen LogP contribution in [0.3, 0.4) is 0 Å². The van der Waals surface area contributed by atoms with Crippen LogP contribution in [0.2, 0.25) is 0 Å². The number of carbonyl (C=O) groups excluding carboxylic acids is 1. The maximum absolute atomic E-state index is 12.8. The minimum atomic E-state index is 0.0239. The van der Waals surface area contributed by atoms with Crippen molar-refractivity contribution in [1.82, 2.24) is 15.0 Å². The molecule has 1 N–H and O–H groups in total. The number of halogens is 1. The van der Waals surface area contributed by atoms with E-state index in [2.05, 4.69) is 49.3 Å². The van der Waals surface area contributed by atoms with Gasteiger partial charge in [-0.2, -0.15) is 4.98 Å². The normalized spacial score (nSPS) is 15.2. The molecule has 4 rings (SSSR count). The zero-order valence-electron chi connectivity index (χ0n) is 17.4. The third kappa shape index (κ3) is 5.75. The minimum absolute atomic E-state index is 0.0239. The van der Waals surface area contributed by atoms with Crippen LogP contribution in [-0.4, -0.2) is 39.8 Å². The van der Waals surface area contributed by atoms with E-state index in [4.69, 9.17) is 4.52 Å². The van der Waals surface area contributed by atoms with Gasteiger partial charge < -0.3 is 9.84 Å². The quantitative estimate of drug-likeness (QED) is 0.434. The van der Waals surface area contributed by atoms with Crippen LogP contribution in [0, 0.1) is 5.92 Å². The number of thioether (sulfide) groups is 1. The average molecular weight is 501 g/mol. The molecule has 6 nitrogen and oxygen atoms in total. The number of amides is 1. The molecule has 2 heterocycles. The predicted octanol–water partition coefficient (Wildman–Crippen LogP) is 5.46. The molecule has 0 radical (unpaired) electrons. The lowest BCUT2D eigenvalue weighted by atomic mass is 9.96. The number of nitrogens with one attached hydrogen (secondary N) is 1. The lowest BCUT2D eigenvalue weighted by Crippen LogP contribution is -2.37. The van der Waals surface area contributed by atoms with Crippen molar-refractivity contribution in [1.29, 1.82) is 0 Å². The predicted molar refractivity (Wildman–Crippen MR) is 127 cm³/mol. The molecule has 2 aromatic carbocycles. The van der Waals surface area contributed by atoms with Gasteiger partial charge in [0.1, 0.15) is 0 Å². The minimum Gasteiger partial charge on any atom is -0.338 e. The van der Waals surface area contributed by atoms with Gasteiger partial charge in [0.2, 0.25) is 17.6 Å². The second-order valence-corrected chi connectivity index (χ2v) is 9.71. The number of rotatable bonds is 7. The number of piperidine rings is 1. The first-order valence-electron chi connectivity index (χ1n) is 10.5. The number of hydrogen-bond acceptors (Lipinski definition) is 6. The highest BCUT2D eigenvalue weighted by atomic mass is 79.9. The van der Waals surface area contributed by atoms with E-state index in [0.717, 1.165) is 52.3 Å². The summed E-state index contributed by atoms with van der Waals surface area (Å²) in [4.78, 5) is 20.7. The summed E-state index contributed by atoms with van der Waals surface area (Å²) in [7, 11) is 0. The van der Waals surface area contributed by atoms with E-state index in [0.29, 0.717) is 18.3 Å². The highest BCUT2D eigenvalue weighted by Crippen LogP contribution is 2.28. The van der Waals surface area contributed by atoms with Crippen LogP contribution in [0.5, 0.6) is 0 Å². The number of likely N-dealkylation sites (tertiary alicyclic amines) is 1. The van der Waals surface area contributed by atoms with Crippen LogP contribution in [0.4, 0.5) is 5.69 Å². The Morgan fingerprint density at radius 2 is 2.03 bits per heavy atom. The Balaban J connectivity index is 1.30. The Morgan fingerprint density at radius 1 is 1.23 bits per heavy atom. The topological polar surface area (TPSA) is 71.3 Å². The first-order chi connectivity index (χ1) is 15.1. The van der Waals surface area contributed by atoms with Crippen molar-refractivity contribution in [3.8, 4) is 11.4 Å². The van der Waals surface area contributed by atoms with Crippen LogP contribution < -0.4 is 5.32 Å². The van der Waals surface area contributed by atoms with Gasteiger partial charge in [-0.15, -0.1) is 11.8 Å². The van der Waals surface area contributed by atoms with Gasteiger partial charge in [-0.3, -0.25) is 9.69 Å². The number of hydrogen-bond donors (Lipinski definition) is 1. The number of anilines is 1. The summed E-state index contributed by atoms with van der Waals surface area (Å²) in [5, 5.41) is 7.24. The standard InChI is InChI=1S/C23H25BrN4O2S/c1-2-31-20-9-4-3-8-19(20)25-23(29)16-10-12-28(13-11-16)15-21-26-22(27-30-21)17-6-5-7-18(24)14-17/h3-9,14,16H,2,10-13,15H2,1H3,(H,25,29). The van der Waals surface area contributed by atoms with E-state index in [9.17, 15) is 4.79 Å². The van der Waals surface area contributed by atoms with Crippen molar-refractivity contribution in [2.45, 2.75) is 31.2 Å². The van der Waals surface area contributed by atoms with Crippen LogP contribution in [0.25, 0.3) is 11.4 Å². The van der Waals surface area contributed by atoms with Gasteiger partial charge in [-0.25, -0.2) is 0 Å². The van der Waals surface area contributed by atoms with Gasteiger partial charge in [0.25, 0.3) is 0 Å². The molecule has 31 heavy (non-hydrogen) atoms. The monoisotopic (exact) mass is 500 g/mol. The molecule has 1 amide bonds. The molecular formula is C23H25BrN4O2S. The lowest BCUT2D eigenvalue weighted by Gasteiger charge is -2.30. The third-order valence-electron chi connectivity index (χ3n) is 5.31. The van der Waals surface area contributed by atoms with Crippen LogP contribution in [0.1, 0.15) is 25.7 Å². The van der Waals surface area contributed by atoms with E-state index in [1.807, 2.05) is 42.5 Å². The Bertz CT molecular complexity index is 1030. The summed E-state index contributed by atoms with van der Waals surface area (Å²) >= 11 is 5.21. The van der Waals surface area contributed by atoms with E-state index >= 15 is 0 Å². The lowest BCUT2D eigenvalue weighted by molar-refractivity contribution is -0.121. The molecule has 1 aliphatic heterocycles. The van der Waals surface area contributed by atoms with Gasteiger partial charge in [-0.05, 0) is 55.9 Å². The van der Waals surface area contributed by atoms with Crippen molar-refractivity contribution in [2.24, 2.45) is 5.92 Å². The van der Waals surface area contributed by atoms with Crippen molar-refractivity contribution < 1.29 is 9.32 Å². The Labute approximate surface area is 194 Å². The molecule has 0 unspecified atom stereocenters. The van der Waals surface area contributed by atoms with Crippen LogP contribution in [-0.2, 0) is 11.3 Å². The Kier molecular flexibility index (Phi) is 7.42. The molecule has 8 heteroatoms. The van der Waals surface area contributed by atoms with Gasteiger partial charge in [0.15, 0.2) is 0 Å². The molecule has 0 atom stereocenters. The highest BCUT2D eigenvalue weighted by molar-refractivity contribution is 9.10. The van der Waals surface area contributed by atoms with E-state index in [1.54, 1.807) is 11.8 Å². The summed E-state index contributed by atoms with van der Waals surface area (Å²) in [5.41, 5.74) is 1.83. The zero-order valence-corrected chi connectivity index (χ0v) is 19.8. The largest absolute Gasteiger partial charge is 0.338 e. The molecule has 3 aromatic rings. The SMILES string of the molecule is CCSc1ccccc1NC(=O)C1CCN(Cc2nc(-c3cccc(Br)c3)no2)CC1. The zero-order chi connectivity index (χ0) is 21.6. The molecule has 0 saturated carbocycles. The maximum Gasteiger partial charge on any atom is 0.241 e. The van der Waals surface area contributed by atoms with Crippen molar-refractivity contribution >= 4 is 39.3 Å². The van der Waals surface area contributed by atoms with Crippen LogP contribution in [0.15, 0.2) is 62.4 Å². The number of carbonyl (C=O) groups is 1. The molecular weight excluding hydrogens is 476 g/mol. The fourth-order valence-corrected chi connectivity index (χ4v) is 4.85. The second kappa shape index (κ2) is 10.4. The Morgan fingerprint density at radius 3 is 2.81 bits per heavy atom. The smallest absolute Gasteiger partial charge is 0.241 e. The molecule has 0 aliphatic carbocycles. The van der Waals surface area contributed by atoms with E-state index in [1.165, 1.54) is 0 Å². The second-order valence-electron chi connectivity index (χ2n) is 7.49. The fraction of sp³-hybridized carbons (Fsp3) is 0.348. The number of aromatic nitrogens is 2. The first-order valence-corrected chi connectivity index (χ1v) is 12.2. The molecule has 1 fully saturated rings. The molecule has 0 spiro atoms. The molecule has 162 valence electrons. The summed E-state index contributed by atoms with van der Waals surface area (Å²) < 4.78 is 6.43.